The lowest BCUT2D eigenvalue weighted by Crippen LogP contribution is -2.45. The number of rotatable bonds is 2. The minimum atomic E-state index is -3.31. The first kappa shape index (κ1) is 22.7. The fourth-order valence-corrected chi connectivity index (χ4v) is 8.41. The molecule has 4 N–H and O–H groups in total. The Hall–Kier alpha value is -3.50. The van der Waals surface area contributed by atoms with Crippen LogP contribution in [0, 0.1) is 5.41 Å². The molecule has 0 amide bonds. The summed E-state index contributed by atoms with van der Waals surface area (Å²) in [6.07, 6.45) is 2.80. The summed E-state index contributed by atoms with van der Waals surface area (Å²) in [6, 6.07) is 15.9. The number of benzene rings is 2. The van der Waals surface area contributed by atoms with Gasteiger partial charge in [-0.2, -0.15) is 10.1 Å². The number of hydrogen-bond donors (Lipinski definition) is 3. The molecule has 4 heterocycles. The van der Waals surface area contributed by atoms with Gasteiger partial charge < -0.3 is 10.6 Å². The summed E-state index contributed by atoms with van der Waals surface area (Å²) in [6.45, 7) is 1.48. The van der Waals surface area contributed by atoms with E-state index in [2.05, 4.69) is 49.3 Å². The molecule has 1 aliphatic carbocycles. The first-order chi connectivity index (χ1) is 17.8. The van der Waals surface area contributed by atoms with E-state index in [1.165, 1.54) is 11.1 Å². The predicted octanol–water partition coefficient (Wildman–Crippen LogP) is 2.55. The second-order valence-corrected chi connectivity index (χ2v) is 12.8. The molecule has 1 saturated heterocycles. The maximum absolute atomic E-state index is 13.3. The van der Waals surface area contributed by atoms with E-state index in [-0.39, 0.29) is 28.5 Å². The standard InChI is InChI=1S/C27H28N6O3S/c28-23-19-8-4-1-5-16(19)13-27(23)9-11-33(12-10-27)26-29-24-21(25(34)30-26)22(31-32-24)20-15-37(35,36)14-17-6-2-3-7-18(17)20/h1-8,20,23H,9-15,28H2,(H2,29,30,31,32,34)/t20?,23-/m1/s1. The van der Waals surface area contributed by atoms with Crippen LogP contribution in [0.2, 0.25) is 0 Å². The van der Waals surface area contributed by atoms with Gasteiger partial charge in [-0.1, -0.05) is 48.5 Å². The van der Waals surface area contributed by atoms with Crippen molar-refractivity contribution in [2.75, 3.05) is 23.7 Å². The van der Waals surface area contributed by atoms with Crippen molar-refractivity contribution in [3.05, 3.63) is 86.8 Å². The molecular weight excluding hydrogens is 488 g/mol. The summed E-state index contributed by atoms with van der Waals surface area (Å²) in [5.74, 6) is -0.0603. The minimum Gasteiger partial charge on any atom is -0.342 e. The minimum absolute atomic E-state index is 0.00961. The van der Waals surface area contributed by atoms with E-state index >= 15 is 0 Å². The number of nitrogens with two attached hydrogens (primary N) is 1. The Balaban J connectivity index is 1.19. The highest BCUT2D eigenvalue weighted by Gasteiger charge is 2.46. The largest absolute Gasteiger partial charge is 0.342 e. The van der Waals surface area contributed by atoms with Crippen LogP contribution >= 0.6 is 0 Å². The number of aromatic nitrogens is 4. The number of nitrogens with one attached hydrogen (secondary N) is 2. The van der Waals surface area contributed by atoms with Crippen molar-refractivity contribution in [2.24, 2.45) is 11.1 Å². The van der Waals surface area contributed by atoms with Gasteiger partial charge in [-0.3, -0.25) is 14.9 Å². The smallest absolute Gasteiger partial charge is 0.263 e. The number of hydrogen-bond acceptors (Lipinski definition) is 7. The number of piperidine rings is 1. The molecule has 1 fully saturated rings. The first-order valence-electron chi connectivity index (χ1n) is 12.7. The SMILES string of the molecule is N[C@@H]1c2ccccc2CC12CCN(c1nc3n[nH]c(C4CS(=O)(=O)Cc5ccccc54)c3c(=O)[nH]1)CC2. The van der Waals surface area contributed by atoms with Gasteiger partial charge in [0.05, 0.1) is 17.2 Å². The molecule has 0 bridgehead atoms. The molecular formula is C27H28N6O3S. The van der Waals surface area contributed by atoms with E-state index in [9.17, 15) is 13.2 Å². The first-order valence-corrected chi connectivity index (χ1v) is 14.5. The van der Waals surface area contributed by atoms with Crippen LogP contribution in [0.4, 0.5) is 5.95 Å². The van der Waals surface area contributed by atoms with Gasteiger partial charge in [-0.05, 0) is 46.9 Å². The lowest BCUT2D eigenvalue weighted by Gasteiger charge is -2.42. The Morgan fingerprint density at radius 1 is 1.00 bits per heavy atom. The predicted molar refractivity (Wildman–Crippen MR) is 141 cm³/mol. The van der Waals surface area contributed by atoms with Gasteiger partial charge in [0.25, 0.3) is 5.56 Å². The highest BCUT2D eigenvalue weighted by molar-refractivity contribution is 7.90. The van der Waals surface area contributed by atoms with E-state index in [1.807, 2.05) is 24.3 Å². The molecule has 3 aliphatic rings. The third-order valence-corrected chi connectivity index (χ3v) is 10.3. The van der Waals surface area contributed by atoms with Crippen LogP contribution in [0.3, 0.4) is 0 Å². The topological polar surface area (TPSA) is 138 Å². The second-order valence-electron chi connectivity index (χ2n) is 10.7. The highest BCUT2D eigenvalue weighted by Crippen LogP contribution is 2.50. The fourth-order valence-electron chi connectivity index (χ4n) is 6.70. The Morgan fingerprint density at radius 3 is 2.46 bits per heavy atom. The number of H-pyrrole nitrogens is 2. The highest BCUT2D eigenvalue weighted by atomic mass is 32.2. The van der Waals surface area contributed by atoms with Gasteiger partial charge in [-0.25, -0.2) is 8.42 Å². The molecule has 37 heavy (non-hydrogen) atoms. The van der Waals surface area contributed by atoms with Gasteiger partial charge in [0.2, 0.25) is 5.95 Å². The Morgan fingerprint density at radius 2 is 1.70 bits per heavy atom. The monoisotopic (exact) mass is 516 g/mol. The molecule has 1 spiro atoms. The zero-order chi connectivity index (χ0) is 25.4. The van der Waals surface area contributed by atoms with E-state index in [0.29, 0.717) is 22.7 Å². The summed E-state index contributed by atoms with van der Waals surface area (Å²) in [4.78, 5) is 23.1. The summed E-state index contributed by atoms with van der Waals surface area (Å²) in [7, 11) is -3.31. The molecule has 7 rings (SSSR count). The van der Waals surface area contributed by atoms with Gasteiger partial charge >= 0.3 is 0 Å². The Labute approximate surface area is 214 Å². The van der Waals surface area contributed by atoms with Gasteiger partial charge in [0.1, 0.15) is 5.39 Å². The second kappa shape index (κ2) is 8.00. The molecule has 10 heteroatoms. The average molecular weight is 517 g/mol. The van der Waals surface area contributed by atoms with Gasteiger partial charge in [0.15, 0.2) is 15.5 Å². The normalized spacial score (nSPS) is 23.8. The lowest BCUT2D eigenvalue weighted by molar-refractivity contribution is 0.187. The van der Waals surface area contributed by atoms with Crippen molar-refractivity contribution < 1.29 is 8.42 Å². The third kappa shape index (κ3) is 3.53. The lowest BCUT2D eigenvalue weighted by atomic mass is 9.73. The fraction of sp³-hybridized carbons (Fsp3) is 0.370. The molecule has 0 saturated carbocycles. The van der Waals surface area contributed by atoms with Crippen molar-refractivity contribution in [1.29, 1.82) is 0 Å². The van der Waals surface area contributed by atoms with Crippen molar-refractivity contribution >= 4 is 26.8 Å². The van der Waals surface area contributed by atoms with E-state index in [0.717, 1.165) is 43.5 Å². The van der Waals surface area contributed by atoms with E-state index < -0.39 is 15.8 Å². The van der Waals surface area contributed by atoms with Crippen LogP contribution in [0.15, 0.2) is 53.3 Å². The van der Waals surface area contributed by atoms with Gasteiger partial charge in [-0.15, -0.1) is 0 Å². The van der Waals surface area contributed by atoms with Crippen LogP contribution in [-0.4, -0.2) is 47.4 Å². The maximum Gasteiger partial charge on any atom is 0.263 e. The van der Waals surface area contributed by atoms with Crippen LogP contribution in [0.25, 0.3) is 11.0 Å². The van der Waals surface area contributed by atoms with Crippen molar-refractivity contribution in [3.63, 3.8) is 0 Å². The molecule has 0 radical (unpaired) electrons. The van der Waals surface area contributed by atoms with Crippen LogP contribution in [-0.2, 0) is 22.0 Å². The molecule has 190 valence electrons. The maximum atomic E-state index is 13.3. The zero-order valence-electron chi connectivity index (χ0n) is 20.3. The van der Waals surface area contributed by atoms with Crippen LogP contribution in [0.5, 0.6) is 0 Å². The number of sulfone groups is 1. The van der Waals surface area contributed by atoms with Gasteiger partial charge in [0, 0.05) is 25.0 Å². The van der Waals surface area contributed by atoms with Crippen LogP contribution < -0.4 is 16.2 Å². The van der Waals surface area contributed by atoms with E-state index in [1.54, 1.807) is 0 Å². The Kier molecular flexibility index (Phi) is 4.90. The molecule has 2 aliphatic heterocycles. The third-order valence-electron chi connectivity index (χ3n) is 8.67. The number of anilines is 1. The summed E-state index contributed by atoms with van der Waals surface area (Å²) < 4.78 is 25.3. The molecule has 9 nitrogen and oxygen atoms in total. The molecule has 2 atom stereocenters. The quantitative estimate of drug-likeness (QED) is 0.372. The molecule has 2 aromatic heterocycles. The number of nitrogens with zero attached hydrogens (tertiary/aromatic N) is 3. The summed E-state index contributed by atoms with van der Waals surface area (Å²) in [5.41, 5.74) is 11.5. The van der Waals surface area contributed by atoms with Crippen molar-refractivity contribution in [3.8, 4) is 0 Å². The summed E-state index contributed by atoms with van der Waals surface area (Å²) in [5, 5.41) is 7.62. The molecule has 4 aromatic rings. The van der Waals surface area contributed by atoms with Crippen molar-refractivity contribution in [2.45, 2.75) is 37.0 Å². The zero-order valence-corrected chi connectivity index (χ0v) is 21.1. The molecule has 2 aromatic carbocycles. The number of fused-ring (bicyclic) bond motifs is 3. The van der Waals surface area contributed by atoms with Crippen molar-refractivity contribution in [1.82, 2.24) is 20.2 Å². The number of aromatic amines is 2. The average Bonchev–Trinajstić information content (AvgIpc) is 3.43. The molecule has 1 unspecified atom stereocenters. The van der Waals surface area contributed by atoms with Crippen LogP contribution in [0.1, 0.15) is 52.7 Å². The Bertz CT molecular complexity index is 1700. The van der Waals surface area contributed by atoms with E-state index in [4.69, 9.17) is 5.73 Å². The summed E-state index contributed by atoms with van der Waals surface area (Å²) >= 11 is 0.